The Morgan fingerprint density at radius 1 is 0.821 bits per heavy atom. The molecule has 1 amide bonds. The molecule has 0 radical (unpaired) electrons. The number of amides is 1. The van der Waals surface area contributed by atoms with Gasteiger partial charge in [-0.25, -0.2) is 8.42 Å². The van der Waals surface area contributed by atoms with Crippen LogP contribution in [0.4, 0.5) is 11.4 Å². The molecule has 0 unspecified atom stereocenters. The average Bonchev–Trinajstić information content (AvgIpc) is 2.69. The zero-order valence-electron chi connectivity index (χ0n) is 15.8. The van der Waals surface area contributed by atoms with Gasteiger partial charge < -0.3 is 5.32 Å². The van der Waals surface area contributed by atoms with E-state index in [1.165, 1.54) is 0 Å². The number of benzene rings is 3. The Morgan fingerprint density at radius 2 is 1.36 bits per heavy atom. The number of nitrogens with one attached hydrogen (secondary N) is 1. The summed E-state index contributed by atoms with van der Waals surface area (Å²) in [5, 5.41) is 2.76. The highest BCUT2D eigenvalue weighted by Gasteiger charge is 2.27. The Morgan fingerprint density at radius 3 is 1.93 bits per heavy atom. The van der Waals surface area contributed by atoms with E-state index >= 15 is 0 Å². The van der Waals surface area contributed by atoms with Gasteiger partial charge in [-0.15, -0.1) is 0 Å². The van der Waals surface area contributed by atoms with Gasteiger partial charge in [-0.05, 0) is 50.2 Å². The second-order valence-electron chi connectivity index (χ2n) is 6.57. The molecule has 0 aliphatic heterocycles. The van der Waals surface area contributed by atoms with E-state index < -0.39 is 15.9 Å². The molecule has 6 heteroatoms. The molecule has 0 saturated heterocycles. The lowest BCUT2D eigenvalue weighted by atomic mass is 10.2. The summed E-state index contributed by atoms with van der Waals surface area (Å²) in [6.07, 6.45) is 0. The van der Waals surface area contributed by atoms with Crippen LogP contribution < -0.4 is 9.62 Å². The summed E-state index contributed by atoms with van der Waals surface area (Å²) in [5.74, 6) is -0.414. The van der Waals surface area contributed by atoms with Crippen molar-refractivity contribution in [2.75, 3.05) is 16.2 Å². The van der Waals surface area contributed by atoms with E-state index in [1.807, 2.05) is 26.0 Å². The molecule has 0 aliphatic carbocycles. The number of hydrogen-bond acceptors (Lipinski definition) is 3. The van der Waals surface area contributed by atoms with Crippen LogP contribution in [-0.2, 0) is 14.8 Å². The van der Waals surface area contributed by atoms with E-state index in [4.69, 9.17) is 0 Å². The SMILES string of the molecule is Cc1ccc(NC(=O)CN(c2ccccc2)S(=O)(=O)c2ccc(C)cc2)cc1. The minimum atomic E-state index is -3.89. The van der Waals surface area contributed by atoms with Crippen LogP contribution in [0.25, 0.3) is 0 Å². The maximum atomic E-state index is 13.2. The molecule has 144 valence electrons. The Kier molecular flexibility index (Phi) is 5.80. The van der Waals surface area contributed by atoms with Crippen molar-refractivity contribution in [2.24, 2.45) is 0 Å². The van der Waals surface area contributed by atoms with E-state index in [0.717, 1.165) is 15.4 Å². The number of para-hydroxylation sites is 1. The molecule has 0 spiro atoms. The van der Waals surface area contributed by atoms with Crippen molar-refractivity contribution in [1.82, 2.24) is 0 Å². The molecule has 28 heavy (non-hydrogen) atoms. The molecular formula is C22H22N2O3S. The van der Waals surface area contributed by atoms with Gasteiger partial charge >= 0.3 is 0 Å². The fourth-order valence-electron chi connectivity index (χ4n) is 2.71. The van der Waals surface area contributed by atoms with E-state index in [2.05, 4.69) is 5.32 Å². The first kappa shape index (κ1) is 19.6. The van der Waals surface area contributed by atoms with Crippen molar-refractivity contribution in [3.8, 4) is 0 Å². The Hall–Kier alpha value is -3.12. The first-order valence-electron chi connectivity index (χ1n) is 8.87. The lowest BCUT2D eigenvalue weighted by Crippen LogP contribution is -2.38. The van der Waals surface area contributed by atoms with Crippen LogP contribution in [-0.4, -0.2) is 20.9 Å². The number of anilines is 2. The van der Waals surface area contributed by atoms with Crippen molar-refractivity contribution in [2.45, 2.75) is 18.7 Å². The number of aryl methyl sites for hydroxylation is 2. The minimum Gasteiger partial charge on any atom is -0.325 e. The fraction of sp³-hybridized carbons (Fsp3) is 0.136. The molecule has 0 atom stereocenters. The monoisotopic (exact) mass is 394 g/mol. The normalized spacial score (nSPS) is 11.1. The fourth-order valence-corrected chi connectivity index (χ4v) is 4.14. The number of rotatable bonds is 6. The molecule has 0 aliphatic rings. The van der Waals surface area contributed by atoms with Crippen LogP contribution in [0.2, 0.25) is 0 Å². The Labute approximate surface area is 165 Å². The number of carbonyl (C=O) groups is 1. The molecule has 0 heterocycles. The van der Waals surface area contributed by atoms with Crippen LogP contribution >= 0.6 is 0 Å². The Bertz CT molecular complexity index is 1050. The third-order valence-electron chi connectivity index (χ3n) is 4.28. The maximum Gasteiger partial charge on any atom is 0.264 e. The molecule has 0 aromatic heterocycles. The largest absolute Gasteiger partial charge is 0.325 e. The number of carbonyl (C=O) groups excluding carboxylic acids is 1. The van der Waals surface area contributed by atoms with Crippen molar-refractivity contribution >= 4 is 27.3 Å². The summed E-state index contributed by atoms with van der Waals surface area (Å²) >= 11 is 0. The van der Waals surface area contributed by atoms with Gasteiger partial charge in [0, 0.05) is 5.69 Å². The first-order valence-corrected chi connectivity index (χ1v) is 10.3. The molecule has 0 fully saturated rings. The highest BCUT2D eigenvalue weighted by atomic mass is 32.2. The summed E-state index contributed by atoms with van der Waals surface area (Å²) in [6, 6.07) is 22.5. The van der Waals surface area contributed by atoms with Gasteiger partial charge in [0.15, 0.2) is 0 Å². The van der Waals surface area contributed by atoms with Crippen molar-refractivity contribution in [3.63, 3.8) is 0 Å². The van der Waals surface area contributed by atoms with Crippen LogP contribution in [0.3, 0.4) is 0 Å². The lowest BCUT2D eigenvalue weighted by molar-refractivity contribution is -0.114. The standard InChI is InChI=1S/C22H22N2O3S/c1-17-8-12-19(13-9-17)23-22(25)16-24(20-6-4-3-5-7-20)28(26,27)21-14-10-18(2)11-15-21/h3-15H,16H2,1-2H3,(H,23,25). The van der Waals surface area contributed by atoms with Crippen molar-refractivity contribution in [1.29, 1.82) is 0 Å². The van der Waals surface area contributed by atoms with Gasteiger partial charge in [-0.2, -0.15) is 0 Å². The summed E-state index contributed by atoms with van der Waals surface area (Å²) in [6.45, 7) is 3.52. The molecule has 1 N–H and O–H groups in total. The molecule has 0 bridgehead atoms. The van der Waals surface area contributed by atoms with Gasteiger partial charge in [-0.3, -0.25) is 9.10 Å². The molecule has 3 aromatic rings. The van der Waals surface area contributed by atoms with Gasteiger partial charge in [0.05, 0.1) is 10.6 Å². The third-order valence-corrected chi connectivity index (χ3v) is 6.06. The second kappa shape index (κ2) is 8.27. The maximum absolute atomic E-state index is 13.2. The predicted octanol–water partition coefficient (Wildman–Crippen LogP) is 4.14. The molecule has 0 saturated carbocycles. The average molecular weight is 394 g/mol. The van der Waals surface area contributed by atoms with Crippen LogP contribution in [0.1, 0.15) is 11.1 Å². The zero-order chi connectivity index (χ0) is 20.1. The van der Waals surface area contributed by atoms with Crippen LogP contribution in [0.5, 0.6) is 0 Å². The quantitative estimate of drug-likeness (QED) is 0.683. The van der Waals surface area contributed by atoms with E-state index in [9.17, 15) is 13.2 Å². The topological polar surface area (TPSA) is 66.5 Å². The van der Waals surface area contributed by atoms with Crippen molar-refractivity contribution < 1.29 is 13.2 Å². The molecular weight excluding hydrogens is 372 g/mol. The number of hydrogen-bond donors (Lipinski definition) is 1. The first-order chi connectivity index (χ1) is 13.4. The van der Waals surface area contributed by atoms with Gasteiger partial charge in [0.1, 0.15) is 6.54 Å². The summed E-state index contributed by atoms with van der Waals surface area (Å²) in [4.78, 5) is 12.7. The van der Waals surface area contributed by atoms with Crippen LogP contribution in [0, 0.1) is 13.8 Å². The van der Waals surface area contributed by atoms with Gasteiger partial charge in [0.2, 0.25) is 5.91 Å². The van der Waals surface area contributed by atoms with E-state index in [-0.39, 0.29) is 11.4 Å². The van der Waals surface area contributed by atoms with Gasteiger partial charge in [0.25, 0.3) is 10.0 Å². The highest BCUT2D eigenvalue weighted by molar-refractivity contribution is 7.92. The lowest BCUT2D eigenvalue weighted by Gasteiger charge is -2.24. The molecule has 5 nitrogen and oxygen atoms in total. The number of nitrogens with zero attached hydrogens (tertiary/aromatic N) is 1. The predicted molar refractivity (Wildman–Crippen MR) is 112 cm³/mol. The van der Waals surface area contributed by atoms with Gasteiger partial charge in [-0.1, -0.05) is 53.6 Å². The summed E-state index contributed by atoms with van der Waals surface area (Å²) in [5.41, 5.74) is 3.09. The highest BCUT2D eigenvalue weighted by Crippen LogP contribution is 2.24. The summed E-state index contributed by atoms with van der Waals surface area (Å²) in [7, 11) is -3.89. The minimum absolute atomic E-state index is 0.144. The van der Waals surface area contributed by atoms with Crippen molar-refractivity contribution in [3.05, 3.63) is 90.0 Å². The Balaban J connectivity index is 1.90. The second-order valence-corrected chi connectivity index (χ2v) is 8.44. The smallest absolute Gasteiger partial charge is 0.264 e. The van der Waals surface area contributed by atoms with E-state index in [0.29, 0.717) is 11.4 Å². The van der Waals surface area contributed by atoms with E-state index in [1.54, 1.807) is 66.7 Å². The van der Waals surface area contributed by atoms with Crippen LogP contribution in [0.15, 0.2) is 83.8 Å². The molecule has 3 aromatic carbocycles. The third kappa shape index (κ3) is 4.58. The zero-order valence-corrected chi connectivity index (χ0v) is 16.6. The number of sulfonamides is 1. The summed E-state index contributed by atoms with van der Waals surface area (Å²) < 4.78 is 27.6. The molecule has 3 rings (SSSR count).